The number of carbonyl (C=O) groups is 2. The Morgan fingerprint density at radius 3 is 1.58 bits per heavy atom. The summed E-state index contributed by atoms with van der Waals surface area (Å²) in [6.07, 6.45) is 8.73. The lowest BCUT2D eigenvalue weighted by atomic mass is 9.86. The Balaban J connectivity index is 1.91. The molecule has 24 heavy (non-hydrogen) atoms. The first-order valence-corrected chi connectivity index (χ1v) is 8.30. The minimum absolute atomic E-state index is 0.0706. The van der Waals surface area contributed by atoms with Gasteiger partial charge in [0.2, 0.25) is 11.8 Å². The molecule has 0 saturated carbocycles. The van der Waals surface area contributed by atoms with E-state index >= 15 is 0 Å². The van der Waals surface area contributed by atoms with Crippen molar-refractivity contribution in [2.75, 3.05) is 9.80 Å². The summed E-state index contributed by atoms with van der Waals surface area (Å²) < 4.78 is 0. The number of nitrogens with zero attached hydrogens (tertiary/aromatic N) is 2. The minimum atomic E-state index is -0.109. The van der Waals surface area contributed by atoms with Crippen LogP contribution in [0.5, 0.6) is 0 Å². The van der Waals surface area contributed by atoms with Gasteiger partial charge in [0.05, 0.1) is 11.4 Å². The van der Waals surface area contributed by atoms with Gasteiger partial charge in [-0.05, 0) is 29.0 Å². The molecule has 0 unspecified atom stereocenters. The summed E-state index contributed by atoms with van der Waals surface area (Å²) in [4.78, 5) is 28.2. The molecule has 2 heterocycles. The Kier molecular flexibility index (Phi) is 3.86. The van der Waals surface area contributed by atoms with Crippen LogP contribution in [0.15, 0.2) is 48.8 Å². The van der Waals surface area contributed by atoms with Gasteiger partial charge in [-0.25, -0.2) is 0 Å². The van der Waals surface area contributed by atoms with E-state index in [1.165, 1.54) is 0 Å². The fourth-order valence-electron chi connectivity index (χ4n) is 3.04. The molecule has 0 atom stereocenters. The number of hydrogen-bond acceptors (Lipinski definition) is 2. The van der Waals surface area contributed by atoms with Crippen molar-refractivity contribution in [2.45, 2.75) is 40.5 Å². The average molecular weight is 324 g/mol. The second-order valence-electron chi connectivity index (χ2n) is 8.01. The van der Waals surface area contributed by atoms with Crippen molar-refractivity contribution in [3.05, 3.63) is 48.8 Å². The largest absolute Gasteiger partial charge is 0.288 e. The van der Waals surface area contributed by atoms with E-state index in [-0.39, 0.29) is 22.6 Å². The Morgan fingerprint density at radius 1 is 0.792 bits per heavy atom. The van der Waals surface area contributed by atoms with Crippen LogP contribution in [0.2, 0.25) is 0 Å². The lowest BCUT2D eigenvalue weighted by Crippen LogP contribution is -2.35. The molecule has 0 aliphatic carbocycles. The van der Waals surface area contributed by atoms with E-state index in [1.807, 2.05) is 64.4 Å². The van der Waals surface area contributed by atoms with Crippen molar-refractivity contribution in [2.24, 2.45) is 10.8 Å². The first kappa shape index (κ1) is 16.5. The van der Waals surface area contributed by atoms with E-state index in [4.69, 9.17) is 0 Å². The van der Waals surface area contributed by atoms with Gasteiger partial charge in [0.1, 0.15) is 0 Å². The van der Waals surface area contributed by atoms with E-state index in [0.717, 1.165) is 11.4 Å². The highest BCUT2D eigenvalue weighted by Crippen LogP contribution is 2.34. The van der Waals surface area contributed by atoms with E-state index in [0.29, 0.717) is 12.8 Å². The molecule has 0 radical (unpaired) electrons. The normalized spacial score (nSPS) is 22.2. The molecule has 126 valence electrons. The van der Waals surface area contributed by atoms with Crippen molar-refractivity contribution >= 4 is 23.2 Å². The molecule has 0 fully saturated rings. The van der Waals surface area contributed by atoms with Gasteiger partial charge in [-0.2, -0.15) is 0 Å². The van der Waals surface area contributed by atoms with Crippen LogP contribution in [-0.2, 0) is 9.59 Å². The molecule has 4 nitrogen and oxygen atoms in total. The summed E-state index contributed by atoms with van der Waals surface area (Å²) >= 11 is 0. The monoisotopic (exact) mass is 324 g/mol. The van der Waals surface area contributed by atoms with Crippen molar-refractivity contribution in [3.63, 3.8) is 0 Å². The van der Waals surface area contributed by atoms with Crippen LogP contribution in [0.1, 0.15) is 40.5 Å². The van der Waals surface area contributed by atoms with Crippen LogP contribution < -0.4 is 9.80 Å². The standard InChI is InChI=1S/C20H24N2O2/c1-19(2)8-10-21(17(23)13-19)15-6-5-7-16(12-15)22-11-9-20(3,4)14-18(22)24/h5-12H,13-14H2,1-4H3. The number of benzene rings is 1. The number of carbonyl (C=O) groups excluding carboxylic acids is 2. The third-order valence-corrected chi connectivity index (χ3v) is 4.49. The maximum absolute atomic E-state index is 12.4. The molecule has 1 aromatic carbocycles. The van der Waals surface area contributed by atoms with Crippen molar-refractivity contribution in [1.82, 2.24) is 0 Å². The number of rotatable bonds is 2. The Morgan fingerprint density at radius 2 is 1.21 bits per heavy atom. The van der Waals surface area contributed by atoms with Crippen LogP contribution in [0.25, 0.3) is 0 Å². The average Bonchev–Trinajstić information content (AvgIpc) is 2.45. The minimum Gasteiger partial charge on any atom is -0.288 e. The third kappa shape index (κ3) is 3.28. The molecular weight excluding hydrogens is 300 g/mol. The van der Waals surface area contributed by atoms with Gasteiger partial charge in [-0.15, -0.1) is 0 Å². The van der Waals surface area contributed by atoms with E-state index in [2.05, 4.69) is 12.2 Å². The zero-order valence-corrected chi connectivity index (χ0v) is 14.7. The Labute approximate surface area is 143 Å². The van der Waals surface area contributed by atoms with Gasteiger partial charge in [-0.3, -0.25) is 19.4 Å². The molecule has 0 bridgehead atoms. The fraction of sp³-hybridized carbons (Fsp3) is 0.400. The van der Waals surface area contributed by atoms with Gasteiger partial charge < -0.3 is 0 Å². The second-order valence-corrected chi connectivity index (χ2v) is 8.01. The summed E-state index contributed by atoms with van der Waals surface area (Å²) in [5, 5.41) is 0. The summed E-state index contributed by atoms with van der Waals surface area (Å²) in [5.41, 5.74) is 1.36. The van der Waals surface area contributed by atoms with Crippen molar-refractivity contribution in [1.29, 1.82) is 0 Å². The lowest BCUT2D eigenvalue weighted by Gasteiger charge is -2.32. The van der Waals surface area contributed by atoms with Gasteiger partial charge >= 0.3 is 0 Å². The maximum atomic E-state index is 12.4. The highest BCUT2D eigenvalue weighted by Gasteiger charge is 2.30. The van der Waals surface area contributed by atoms with E-state index in [1.54, 1.807) is 9.80 Å². The van der Waals surface area contributed by atoms with Gasteiger partial charge in [0.25, 0.3) is 0 Å². The molecular formula is C20H24N2O2. The zero-order chi connectivity index (χ0) is 17.5. The number of amides is 2. The Bertz CT molecular complexity index is 685. The highest BCUT2D eigenvalue weighted by atomic mass is 16.2. The fourth-order valence-corrected chi connectivity index (χ4v) is 3.04. The summed E-state index contributed by atoms with van der Waals surface area (Å²) in [7, 11) is 0. The SMILES string of the molecule is CC1(C)C=CN(c2cccc(N3C=CC(C)(C)CC3=O)c2)C(=O)C1. The number of hydrogen-bond donors (Lipinski definition) is 0. The number of allylic oxidation sites excluding steroid dienone is 2. The summed E-state index contributed by atoms with van der Waals surface area (Å²) in [6, 6.07) is 7.56. The quantitative estimate of drug-likeness (QED) is 0.816. The van der Waals surface area contributed by atoms with Crippen LogP contribution >= 0.6 is 0 Å². The van der Waals surface area contributed by atoms with Gasteiger partial charge in [0, 0.05) is 25.2 Å². The molecule has 0 N–H and O–H groups in total. The predicted molar refractivity (Wildman–Crippen MR) is 96.5 cm³/mol. The molecule has 0 aromatic heterocycles. The van der Waals surface area contributed by atoms with Gasteiger partial charge in [0.15, 0.2) is 0 Å². The van der Waals surface area contributed by atoms with Crippen molar-refractivity contribution < 1.29 is 9.59 Å². The van der Waals surface area contributed by atoms with Crippen LogP contribution in [0.3, 0.4) is 0 Å². The third-order valence-electron chi connectivity index (χ3n) is 4.49. The molecule has 3 rings (SSSR count). The first-order chi connectivity index (χ1) is 11.2. The lowest BCUT2D eigenvalue weighted by molar-refractivity contribution is -0.120. The zero-order valence-electron chi connectivity index (χ0n) is 14.7. The van der Waals surface area contributed by atoms with Crippen LogP contribution in [0, 0.1) is 10.8 Å². The molecule has 2 aliphatic heterocycles. The van der Waals surface area contributed by atoms with E-state index in [9.17, 15) is 9.59 Å². The second kappa shape index (κ2) is 5.62. The molecule has 2 amide bonds. The Hall–Kier alpha value is -2.36. The summed E-state index contributed by atoms with van der Waals surface area (Å²) in [6.45, 7) is 8.20. The molecule has 0 spiro atoms. The summed E-state index contributed by atoms with van der Waals surface area (Å²) in [5.74, 6) is 0.141. The molecule has 4 heteroatoms. The number of anilines is 2. The first-order valence-electron chi connectivity index (χ1n) is 8.30. The smallest absolute Gasteiger partial charge is 0.231 e. The predicted octanol–water partition coefficient (Wildman–Crippen LogP) is 4.24. The van der Waals surface area contributed by atoms with Crippen LogP contribution in [-0.4, -0.2) is 11.8 Å². The highest BCUT2D eigenvalue weighted by molar-refractivity contribution is 6.00. The topological polar surface area (TPSA) is 40.6 Å². The van der Waals surface area contributed by atoms with Crippen molar-refractivity contribution in [3.8, 4) is 0 Å². The molecule has 0 saturated heterocycles. The molecule has 2 aliphatic rings. The maximum Gasteiger partial charge on any atom is 0.231 e. The van der Waals surface area contributed by atoms with E-state index < -0.39 is 0 Å². The van der Waals surface area contributed by atoms with Gasteiger partial charge in [-0.1, -0.05) is 45.9 Å². The van der Waals surface area contributed by atoms with Crippen LogP contribution in [0.4, 0.5) is 11.4 Å². The molecule has 1 aromatic rings.